The van der Waals surface area contributed by atoms with Gasteiger partial charge in [0, 0.05) is 0 Å². The maximum absolute atomic E-state index is 9.70. The Kier molecular flexibility index (Phi) is 16.4. The van der Waals surface area contributed by atoms with Crippen molar-refractivity contribution in [2.45, 2.75) is 98.5 Å². The Labute approximate surface area is 156 Å². The Hall–Kier alpha value is -0.0213. The van der Waals surface area contributed by atoms with E-state index in [-0.39, 0.29) is 6.10 Å². The van der Waals surface area contributed by atoms with Gasteiger partial charge in [0.1, 0.15) is 0 Å². The molecule has 0 rings (SSSR count). The average Bonchev–Trinajstić information content (AvgIpc) is 2.59. The van der Waals surface area contributed by atoms with Crippen molar-refractivity contribution in [3.63, 3.8) is 0 Å². The topological polar surface area (TPSA) is 20.2 Å². The molecule has 0 spiro atoms. The Balaban J connectivity index is 4.79. The minimum absolute atomic E-state index is 0.291. The van der Waals surface area contributed by atoms with Crippen molar-refractivity contribution in [3.8, 4) is 0 Å². The fourth-order valence-electron chi connectivity index (χ4n) is 3.18. The maximum atomic E-state index is 9.70. The Morgan fingerprint density at radius 1 is 0.708 bits per heavy atom. The monoisotopic (exact) mass is 442 g/mol. The van der Waals surface area contributed by atoms with Crippen LogP contribution in [0.25, 0.3) is 0 Å². The quantitative estimate of drug-likeness (QED) is 0.210. The van der Waals surface area contributed by atoms with E-state index in [4.69, 9.17) is 0 Å². The van der Waals surface area contributed by atoms with Gasteiger partial charge >= 0.3 is 156 Å². The van der Waals surface area contributed by atoms with Crippen LogP contribution in [0, 0.1) is 0 Å². The van der Waals surface area contributed by atoms with Gasteiger partial charge in [-0.3, -0.25) is 0 Å². The van der Waals surface area contributed by atoms with Gasteiger partial charge in [-0.25, -0.2) is 0 Å². The predicted octanol–water partition coefficient (Wildman–Crippen LogP) is 7.20. The van der Waals surface area contributed by atoms with Gasteiger partial charge in [0.2, 0.25) is 0 Å². The Bertz CT molecular complexity index is 335. The fourth-order valence-corrected chi connectivity index (χ4v) is 17.3. The summed E-state index contributed by atoms with van der Waals surface area (Å²) in [6, 6.07) is 0. The van der Waals surface area contributed by atoms with Crippen LogP contribution in [0.5, 0.6) is 0 Å². The third kappa shape index (κ3) is 12.4. The van der Waals surface area contributed by atoms with Crippen molar-refractivity contribution in [3.05, 3.63) is 34.5 Å². The molecule has 0 aromatic carbocycles. The van der Waals surface area contributed by atoms with E-state index in [0.29, 0.717) is 0 Å². The zero-order valence-corrected chi connectivity index (χ0v) is 19.6. The molecule has 0 fully saturated rings. The molecule has 24 heavy (non-hydrogen) atoms. The molecule has 140 valence electrons. The van der Waals surface area contributed by atoms with Crippen LogP contribution >= 0.6 is 0 Å². The summed E-state index contributed by atoms with van der Waals surface area (Å²) in [6.45, 7) is 9.08. The van der Waals surface area contributed by atoms with Crippen LogP contribution in [0.4, 0.5) is 0 Å². The van der Waals surface area contributed by atoms with Gasteiger partial charge in [-0.2, -0.15) is 0 Å². The third-order valence-corrected chi connectivity index (χ3v) is 18.9. The zero-order valence-electron chi connectivity index (χ0n) is 16.8. The molecule has 0 aliphatic heterocycles. The van der Waals surface area contributed by atoms with Crippen LogP contribution in [0.15, 0.2) is 34.5 Å². The van der Waals surface area contributed by atoms with Gasteiger partial charge in [-0.1, -0.05) is 0 Å². The number of allylic oxidation sites excluding steroid dienone is 4. The molecular weight excluding hydrogens is 399 g/mol. The number of hydrogen-bond donors (Lipinski definition) is 1. The van der Waals surface area contributed by atoms with Gasteiger partial charge < -0.3 is 0 Å². The molecule has 0 aromatic rings. The molecule has 1 nitrogen and oxygen atoms in total. The van der Waals surface area contributed by atoms with Gasteiger partial charge in [0.25, 0.3) is 0 Å². The van der Waals surface area contributed by atoms with E-state index in [1.165, 1.54) is 51.8 Å². The molecule has 1 atom stereocenters. The van der Waals surface area contributed by atoms with E-state index >= 15 is 0 Å². The molecule has 0 radical (unpaired) electrons. The van der Waals surface area contributed by atoms with Crippen LogP contribution in [0.3, 0.4) is 0 Å². The first-order chi connectivity index (χ1) is 11.6. The van der Waals surface area contributed by atoms with Crippen LogP contribution in [0.2, 0.25) is 13.3 Å². The standard InChI is InChI=1S/C10H15O.3C4H9.Sn/c1-3-5-6-7-9-10(11)8-4-2;3*1-3-4-2;/h1,3,5-7,9-11H,4,8H2,2H3;3*1,3-4H2,2H3;/b3-1?,6-5+,9-7+;;;;/t10-;;;;/m0..../s1. The molecule has 0 aliphatic rings. The summed E-state index contributed by atoms with van der Waals surface area (Å²) in [5, 5.41) is 9.70. The average molecular weight is 441 g/mol. The molecule has 0 aliphatic carbocycles. The van der Waals surface area contributed by atoms with Gasteiger partial charge in [-0.05, 0) is 0 Å². The molecule has 0 unspecified atom stereocenters. The number of hydrogen-bond acceptors (Lipinski definition) is 1. The summed E-state index contributed by atoms with van der Waals surface area (Å²) < 4.78 is 7.27. The molecule has 0 amide bonds. The molecule has 0 saturated carbocycles. The summed E-state index contributed by atoms with van der Waals surface area (Å²) >= 11 is -2.10. The van der Waals surface area contributed by atoms with E-state index in [1.807, 2.05) is 12.2 Å². The normalized spacial score (nSPS) is 14.4. The Morgan fingerprint density at radius 3 is 1.67 bits per heavy atom. The van der Waals surface area contributed by atoms with E-state index < -0.39 is 18.4 Å². The van der Waals surface area contributed by atoms with Gasteiger partial charge in [0.15, 0.2) is 0 Å². The van der Waals surface area contributed by atoms with Crippen molar-refractivity contribution in [2.75, 3.05) is 0 Å². The SMILES string of the molecule is CCC[CH2][Sn](/[CH]=C/C=C/C=C/[C@@H](O)CCC)([CH2]CCC)[CH2]CCC. The van der Waals surface area contributed by atoms with Crippen LogP contribution in [-0.2, 0) is 0 Å². The molecule has 0 bridgehead atoms. The van der Waals surface area contributed by atoms with Gasteiger partial charge in [0.05, 0.1) is 0 Å². The van der Waals surface area contributed by atoms with E-state index in [2.05, 4.69) is 50.0 Å². The summed E-state index contributed by atoms with van der Waals surface area (Å²) in [5.41, 5.74) is 0. The van der Waals surface area contributed by atoms with Gasteiger partial charge in [-0.15, -0.1) is 0 Å². The first-order valence-corrected chi connectivity index (χ1v) is 18.0. The summed E-state index contributed by atoms with van der Waals surface area (Å²) in [4.78, 5) is 0. The Morgan fingerprint density at radius 2 is 1.21 bits per heavy atom. The second-order valence-electron chi connectivity index (χ2n) is 7.16. The zero-order chi connectivity index (χ0) is 18.1. The second kappa shape index (κ2) is 16.4. The molecule has 1 N–H and O–H groups in total. The molecular formula is C22H42OSn. The molecule has 0 saturated heterocycles. The van der Waals surface area contributed by atoms with Crippen molar-refractivity contribution >= 4 is 18.4 Å². The van der Waals surface area contributed by atoms with Crippen molar-refractivity contribution in [1.82, 2.24) is 0 Å². The number of aliphatic hydroxyl groups is 1. The van der Waals surface area contributed by atoms with Crippen LogP contribution in [0.1, 0.15) is 79.1 Å². The first kappa shape index (κ1) is 24.0. The second-order valence-corrected chi connectivity index (χ2v) is 20.2. The van der Waals surface area contributed by atoms with Crippen molar-refractivity contribution in [1.29, 1.82) is 0 Å². The minimum atomic E-state index is -2.10. The number of aliphatic hydroxyl groups excluding tert-OH is 1. The van der Waals surface area contributed by atoms with Crippen LogP contribution < -0.4 is 0 Å². The molecule has 0 heterocycles. The van der Waals surface area contributed by atoms with E-state index in [0.717, 1.165) is 12.8 Å². The van der Waals surface area contributed by atoms with Crippen LogP contribution in [-0.4, -0.2) is 29.6 Å². The molecule has 2 heteroatoms. The summed E-state index contributed by atoms with van der Waals surface area (Å²) in [7, 11) is 0. The van der Waals surface area contributed by atoms with E-state index in [1.54, 1.807) is 0 Å². The molecule has 0 aromatic heterocycles. The third-order valence-electron chi connectivity index (χ3n) is 4.79. The summed E-state index contributed by atoms with van der Waals surface area (Å²) in [5.74, 6) is 0. The predicted molar refractivity (Wildman–Crippen MR) is 113 cm³/mol. The van der Waals surface area contributed by atoms with E-state index in [9.17, 15) is 5.11 Å². The first-order valence-electron chi connectivity index (χ1n) is 10.3. The van der Waals surface area contributed by atoms with Crippen molar-refractivity contribution in [2.24, 2.45) is 0 Å². The van der Waals surface area contributed by atoms with Crippen molar-refractivity contribution < 1.29 is 5.11 Å². The number of rotatable bonds is 15. The summed E-state index contributed by atoms with van der Waals surface area (Å²) in [6.07, 6.45) is 20.3. The fraction of sp³-hybridized carbons (Fsp3) is 0.727. The number of unbranched alkanes of at least 4 members (excludes halogenated alkanes) is 3.